The molecule has 1 aromatic heterocycles. The van der Waals surface area contributed by atoms with E-state index in [0.717, 1.165) is 5.69 Å². The fraction of sp³-hybridized carbons (Fsp3) is 0.250. The number of nitrogens with zero attached hydrogens (tertiary/aromatic N) is 1. The highest BCUT2D eigenvalue weighted by molar-refractivity contribution is 6.30. The summed E-state index contributed by atoms with van der Waals surface area (Å²) in [6.07, 6.45) is 0. The van der Waals surface area contributed by atoms with Gasteiger partial charge in [0.25, 0.3) is 5.91 Å². The third-order valence-electron chi connectivity index (χ3n) is 3.04. The van der Waals surface area contributed by atoms with Crippen LogP contribution in [0.1, 0.15) is 35.8 Å². The highest BCUT2D eigenvalue weighted by atomic mass is 35.5. The summed E-state index contributed by atoms with van der Waals surface area (Å²) in [4.78, 5) is 16.8. The summed E-state index contributed by atoms with van der Waals surface area (Å²) < 4.78 is 0. The fourth-order valence-corrected chi connectivity index (χ4v) is 2.07. The maximum atomic E-state index is 12.4. The lowest BCUT2D eigenvalue weighted by atomic mass is 10.1. The molecule has 0 saturated heterocycles. The van der Waals surface area contributed by atoms with Gasteiger partial charge in [0, 0.05) is 29.0 Å². The molecule has 0 bridgehead atoms. The van der Waals surface area contributed by atoms with E-state index < -0.39 is 0 Å². The predicted molar refractivity (Wildman–Crippen MR) is 87.3 cm³/mol. The molecule has 0 aliphatic heterocycles. The van der Waals surface area contributed by atoms with Gasteiger partial charge in [-0.05, 0) is 36.2 Å². The molecule has 0 fully saturated rings. The van der Waals surface area contributed by atoms with Crippen LogP contribution in [-0.2, 0) is 0 Å². The first-order valence-corrected chi connectivity index (χ1v) is 7.14. The van der Waals surface area contributed by atoms with Gasteiger partial charge < -0.3 is 10.6 Å². The van der Waals surface area contributed by atoms with Crippen molar-refractivity contribution in [3.63, 3.8) is 0 Å². The molecule has 0 aliphatic rings. The van der Waals surface area contributed by atoms with Crippen LogP contribution in [0.5, 0.6) is 0 Å². The van der Waals surface area contributed by atoms with Gasteiger partial charge >= 0.3 is 0 Å². The Hall–Kier alpha value is -2.07. The zero-order valence-corrected chi connectivity index (χ0v) is 13.0. The Kier molecular flexibility index (Phi) is 4.81. The molecule has 0 unspecified atom stereocenters. The summed E-state index contributed by atoms with van der Waals surface area (Å²) in [7, 11) is 1.78. The second-order valence-electron chi connectivity index (χ2n) is 5.04. The van der Waals surface area contributed by atoms with Crippen molar-refractivity contribution in [2.75, 3.05) is 17.7 Å². The first kappa shape index (κ1) is 15.3. The Balaban J connectivity index is 2.28. The van der Waals surface area contributed by atoms with Gasteiger partial charge in [-0.15, -0.1) is 0 Å². The monoisotopic (exact) mass is 303 g/mol. The van der Waals surface area contributed by atoms with Gasteiger partial charge in [-0.25, -0.2) is 4.98 Å². The van der Waals surface area contributed by atoms with Crippen molar-refractivity contribution in [1.29, 1.82) is 0 Å². The second-order valence-corrected chi connectivity index (χ2v) is 5.47. The largest absolute Gasteiger partial charge is 0.373 e. The SMILES string of the molecule is CNc1cc(C(=O)Nc2cccc(Cl)c2)cc(C(C)C)n1. The molecule has 1 heterocycles. The number of nitrogens with one attached hydrogen (secondary N) is 2. The van der Waals surface area contributed by atoms with E-state index in [0.29, 0.717) is 22.1 Å². The number of aromatic nitrogens is 1. The van der Waals surface area contributed by atoms with E-state index >= 15 is 0 Å². The summed E-state index contributed by atoms with van der Waals surface area (Å²) in [6, 6.07) is 10.6. The number of amides is 1. The van der Waals surface area contributed by atoms with Crippen molar-refractivity contribution in [3.8, 4) is 0 Å². The topological polar surface area (TPSA) is 54.0 Å². The average Bonchev–Trinajstić information content (AvgIpc) is 2.46. The maximum absolute atomic E-state index is 12.4. The summed E-state index contributed by atoms with van der Waals surface area (Å²) in [5.41, 5.74) is 2.11. The van der Waals surface area contributed by atoms with Crippen LogP contribution < -0.4 is 10.6 Å². The minimum atomic E-state index is -0.182. The first-order chi connectivity index (χ1) is 9.99. The van der Waals surface area contributed by atoms with Gasteiger partial charge in [0.15, 0.2) is 0 Å². The third kappa shape index (κ3) is 3.95. The standard InChI is InChI=1S/C16H18ClN3O/c1-10(2)14-7-11(8-15(18-3)20-14)16(21)19-13-6-4-5-12(17)9-13/h4-10H,1-3H3,(H,18,20)(H,19,21). The Morgan fingerprint density at radius 1 is 1.24 bits per heavy atom. The molecule has 5 heteroatoms. The molecule has 0 atom stereocenters. The van der Waals surface area contributed by atoms with E-state index in [1.165, 1.54) is 0 Å². The molecule has 0 aliphatic carbocycles. The van der Waals surface area contributed by atoms with Crippen LogP contribution >= 0.6 is 11.6 Å². The highest BCUT2D eigenvalue weighted by Crippen LogP contribution is 2.20. The minimum Gasteiger partial charge on any atom is -0.373 e. The zero-order valence-electron chi connectivity index (χ0n) is 12.3. The van der Waals surface area contributed by atoms with Crippen LogP contribution in [0.15, 0.2) is 36.4 Å². The van der Waals surface area contributed by atoms with E-state index in [2.05, 4.69) is 15.6 Å². The molecule has 2 aromatic rings. The molecule has 4 nitrogen and oxygen atoms in total. The number of halogens is 1. The number of rotatable bonds is 4. The number of hydrogen-bond acceptors (Lipinski definition) is 3. The number of pyridine rings is 1. The van der Waals surface area contributed by atoms with Crippen molar-refractivity contribution in [1.82, 2.24) is 4.98 Å². The molecule has 110 valence electrons. The fourth-order valence-electron chi connectivity index (χ4n) is 1.88. The van der Waals surface area contributed by atoms with Gasteiger partial charge in [0.05, 0.1) is 0 Å². The van der Waals surface area contributed by atoms with Crippen molar-refractivity contribution in [3.05, 3.63) is 52.7 Å². The molecule has 0 radical (unpaired) electrons. The zero-order chi connectivity index (χ0) is 15.4. The summed E-state index contributed by atoms with van der Waals surface area (Å²) in [5, 5.41) is 6.40. The Morgan fingerprint density at radius 3 is 2.62 bits per heavy atom. The Labute approximate surface area is 129 Å². The molecule has 2 N–H and O–H groups in total. The lowest BCUT2D eigenvalue weighted by Crippen LogP contribution is -2.13. The van der Waals surface area contributed by atoms with Crippen molar-refractivity contribution < 1.29 is 4.79 Å². The summed E-state index contributed by atoms with van der Waals surface area (Å²) in [5.74, 6) is 0.742. The molecule has 0 spiro atoms. The molecule has 21 heavy (non-hydrogen) atoms. The Morgan fingerprint density at radius 2 is 2.00 bits per heavy atom. The van der Waals surface area contributed by atoms with E-state index in [9.17, 15) is 4.79 Å². The number of carbonyl (C=O) groups excluding carboxylic acids is 1. The van der Waals surface area contributed by atoms with Gasteiger partial charge in [-0.1, -0.05) is 31.5 Å². The molecule has 1 aromatic carbocycles. The second kappa shape index (κ2) is 6.59. The molecular formula is C16H18ClN3O. The number of benzene rings is 1. The summed E-state index contributed by atoms with van der Waals surface area (Å²) >= 11 is 5.92. The van der Waals surface area contributed by atoms with Crippen molar-refractivity contribution in [2.45, 2.75) is 19.8 Å². The third-order valence-corrected chi connectivity index (χ3v) is 3.27. The van der Waals surface area contributed by atoms with Crippen LogP contribution in [0.4, 0.5) is 11.5 Å². The van der Waals surface area contributed by atoms with Crippen molar-refractivity contribution in [2.24, 2.45) is 0 Å². The lowest BCUT2D eigenvalue weighted by molar-refractivity contribution is 0.102. The van der Waals surface area contributed by atoms with E-state index in [-0.39, 0.29) is 11.8 Å². The van der Waals surface area contributed by atoms with Crippen molar-refractivity contribution >= 4 is 29.0 Å². The number of anilines is 2. The van der Waals surface area contributed by atoms with Gasteiger partial charge in [0.2, 0.25) is 0 Å². The molecule has 2 rings (SSSR count). The normalized spacial score (nSPS) is 10.5. The molecule has 0 saturated carbocycles. The van der Waals surface area contributed by atoms with E-state index in [1.807, 2.05) is 19.9 Å². The van der Waals surface area contributed by atoms with Crippen LogP contribution in [0.3, 0.4) is 0 Å². The number of carbonyl (C=O) groups is 1. The quantitative estimate of drug-likeness (QED) is 0.892. The van der Waals surface area contributed by atoms with Crippen LogP contribution in [0.2, 0.25) is 5.02 Å². The highest BCUT2D eigenvalue weighted by Gasteiger charge is 2.12. The van der Waals surface area contributed by atoms with Gasteiger partial charge in [0.1, 0.15) is 5.82 Å². The molecule has 1 amide bonds. The molecular weight excluding hydrogens is 286 g/mol. The van der Waals surface area contributed by atoms with Crippen LogP contribution in [0.25, 0.3) is 0 Å². The van der Waals surface area contributed by atoms with Crippen LogP contribution in [-0.4, -0.2) is 17.9 Å². The minimum absolute atomic E-state index is 0.182. The average molecular weight is 304 g/mol. The Bertz CT molecular complexity index is 656. The van der Waals surface area contributed by atoms with Gasteiger partial charge in [-0.2, -0.15) is 0 Å². The summed E-state index contributed by atoms with van der Waals surface area (Å²) in [6.45, 7) is 4.08. The van der Waals surface area contributed by atoms with Crippen LogP contribution in [0, 0.1) is 0 Å². The maximum Gasteiger partial charge on any atom is 0.255 e. The number of hydrogen-bond donors (Lipinski definition) is 2. The predicted octanol–water partition coefficient (Wildman–Crippen LogP) is 4.15. The smallest absolute Gasteiger partial charge is 0.255 e. The first-order valence-electron chi connectivity index (χ1n) is 6.76. The van der Waals surface area contributed by atoms with Gasteiger partial charge in [-0.3, -0.25) is 4.79 Å². The van der Waals surface area contributed by atoms with E-state index in [1.54, 1.807) is 37.4 Å². The van der Waals surface area contributed by atoms with E-state index in [4.69, 9.17) is 11.6 Å². The lowest BCUT2D eigenvalue weighted by Gasteiger charge is -2.11.